The van der Waals surface area contributed by atoms with Gasteiger partial charge >= 0.3 is 0 Å². The van der Waals surface area contributed by atoms with E-state index in [1.807, 2.05) is 20.8 Å². The van der Waals surface area contributed by atoms with Crippen molar-refractivity contribution in [2.45, 2.75) is 54.0 Å². The zero-order chi connectivity index (χ0) is 19.4. The fraction of sp³-hybridized carbons (Fsp3) is 0.391. The summed E-state index contributed by atoms with van der Waals surface area (Å²) in [5.74, 6) is 0.346. The monoisotopic (exact) mass is 351 g/mol. The largest absolute Gasteiger partial charge is 0.349 e. The molecule has 0 radical (unpaired) electrons. The van der Waals surface area contributed by atoms with Crippen LogP contribution in [0.2, 0.25) is 0 Å². The van der Waals surface area contributed by atoms with Gasteiger partial charge in [-0.25, -0.2) is 0 Å². The van der Waals surface area contributed by atoms with Crippen molar-refractivity contribution in [1.29, 1.82) is 0 Å². The molecular weight excluding hydrogens is 322 g/mol. The first-order chi connectivity index (χ1) is 12.2. The van der Waals surface area contributed by atoms with Crippen LogP contribution < -0.4 is 5.32 Å². The minimum absolute atomic E-state index is 0.0718. The third-order valence-electron chi connectivity index (χ3n) is 5.01. The van der Waals surface area contributed by atoms with Gasteiger partial charge in [-0.05, 0) is 62.4 Å². The second-order valence-corrected chi connectivity index (χ2v) is 7.56. The van der Waals surface area contributed by atoms with Crippen LogP contribution in [0.1, 0.15) is 63.7 Å². The van der Waals surface area contributed by atoms with Crippen LogP contribution in [-0.2, 0) is 6.42 Å². The molecule has 1 atom stereocenters. The van der Waals surface area contributed by atoms with Gasteiger partial charge in [-0.3, -0.25) is 9.59 Å². The molecule has 3 heteroatoms. The summed E-state index contributed by atoms with van der Waals surface area (Å²) < 4.78 is 0. The maximum Gasteiger partial charge on any atom is 0.251 e. The van der Waals surface area contributed by atoms with Gasteiger partial charge in [0.2, 0.25) is 0 Å². The van der Waals surface area contributed by atoms with E-state index in [9.17, 15) is 9.59 Å². The van der Waals surface area contributed by atoms with E-state index in [2.05, 4.69) is 38.2 Å². The summed E-state index contributed by atoms with van der Waals surface area (Å²) in [5.41, 5.74) is 5.81. The molecule has 2 rings (SSSR count). The van der Waals surface area contributed by atoms with Crippen molar-refractivity contribution in [1.82, 2.24) is 5.32 Å². The van der Waals surface area contributed by atoms with Crippen LogP contribution in [0.15, 0.2) is 36.4 Å². The van der Waals surface area contributed by atoms with E-state index in [-0.39, 0.29) is 17.7 Å². The molecule has 0 bridgehead atoms. The van der Waals surface area contributed by atoms with Gasteiger partial charge in [0.05, 0.1) is 0 Å². The first kappa shape index (κ1) is 19.9. The summed E-state index contributed by atoms with van der Waals surface area (Å²) >= 11 is 0. The third kappa shape index (κ3) is 4.81. The van der Waals surface area contributed by atoms with E-state index in [4.69, 9.17) is 0 Å². The van der Waals surface area contributed by atoms with E-state index < -0.39 is 0 Å². The lowest BCUT2D eigenvalue weighted by Gasteiger charge is -2.17. The molecule has 1 amide bonds. The Bertz CT molecular complexity index is 780. The molecule has 0 saturated carbocycles. The van der Waals surface area contributed by atoms with Crippen LogP contribution >= 0.6 is 0 Å². The Morgan fingerprint density at radius 2 is 1.38 bits per heavy atom. The Morgan fingerprint density at radius 1 is 0.885 bits per heavy atom. The van der Waals surface area contributed by atoms with Crippen molar-refractivity contribution in [2.75, 3.05) is 0 Å². The molecule has 1 N–H and O–H groups in total. The predicted molar refractivity (Wildman–Crippen MR) is 107 cm³/mol. The average Bonchev–Trinajstić information content (AvgIpc) is 2.57. The Balaban J connectivity index is 2.11. The lowest BCUT2D eigenvalue weighted by molar-refractivity contribution is 0.0928. The van der Waals surface area contributed by atoms with E-state index in [0.29, 0.717) is 23.5 Å². The van der Waals surface area contributed by atoms with Gasteiger partial charge < -0.3 is 5.32 Å². The summed E-state index contributed by atoms with van der Waals surface area (Å²) in [4.78, 5) is 24.9. The van der Waals surface area contributed by atoms with Crippen molar-refractivity contribution in [2.24, 2.45) is 5.92 Å². The SMILES string of the molecule is Cc1cc(C)c(CC(=O)c2ccc(C(=O)N[C@@H](C)C(C)C)cc2)c(C)c1. The Morgan fingerprint density at radius 3 is 1.88 bits per heavy atom. The number of rotatable bonds is 6. The average molecular weight is 351 g/mol. The minimum atomic E-state index is -0.101. The van der Waals surface area contributed by atoms with Crippen LogP contribution in [0, 0.1) is 26.7 Å². The number of Topliss-reactive ketones (excluding diaryl/α,β-unsaturated/α-hetero) is 1. The summed E-state index contributed by atoms with van der Waals surface area (Å²) in [7, 11) is 0. The number of amides is 1. The lowest BCUT2D eigenvalue weighted by Crippen LogP contribution is -2.36. The number of ketones is 1. The highest BCUT2D eigenvalue weighted by Crippen LogP contribution is 2.19. The Kier molecular flexibility index (Phi) is 6.36. The molecule has 0 unspecified atom stereocenters. The van der Waals surface area contributed by atoms with E-state index in [0.717, 1.165) is 16.7 Å². The molecular formula is C23H29NO2. The highest BCUT2D eigenvalue weighted by molar-refractivity contribution is 6.00. The molecule has 138 valence electrons. The van der Waals surface area contributed by atoms with Crippen molar-refractivity contribution >= 4 is 11.7 Å². The molecule has 26 heavy (non-hydrogen) atoms. The standard InChI is InChI=1S/C23H29NO2/c1-14(2)18(6)24-23(26)20-9-7-19(8-10-20)22(25)13-21-16(4)11-15(3)12-17(21)5/h7-12,14,18H,13H2,1-6H3,(H,24,26)/t18-/m0/s1. The fourth-order valence-corrected chi connectivity index (χ4v) is 3.02. The maximum absolute atomic E-state index is 12.7. The van der Waals surface area contributed by atoms with Gasteiger partial charge in [0, 0.05) is 23.6 Å². The van der Waals surface area contributed by atoms with E-state index in [1.54, 1.807) is 24.3 Å². The number of hydrogen-bond acceptors (Lipinski definition) is 2. The maximum atomic E-state index is 12.7. The number of nitrogens with one attached hydrogen (secondary N) is 1. The second-order valence-electron chi connectivity index (χ2n) is 7.56. The highest BCUT2D eigenvalue weighted by atomic mass is 16.1. The number of hydrogen-bond donors (Lipinski definition) is 1. The van der Waals surface area contributed by atoms with Gasteiger partial charge in [0.25, 0.3) is 5.91 Å². The van der Waals surface area contributed by atoms with Crippen LogP contribution in [0.4, 0.5) is 0 Å². The van der Waals surface area contributed by atoms with E-state index in [1.165, 1.54) is 5.56 Å². The normalized spacial score (nSPS) is 12.1. The molecule has 2 aromatic carbocycles. The molecule has 0 heterocycles. The summed E-state index contributed by atoms with van der Waals surface area (Å²) in [6.07, 6.45) is 0.383. The van der Waals surface area contributed by atoms with Gasteiger partial charge in [-0.15, -0.1) is 0 Å². The topological polar surface area (TPSA) is 46.2 Å². The van der Waals surface area contributed by atoms with Crippen molar-refractivity contribution in [3.05, 3.63) is 69.8 Å². The summed E-state index contributed by atoms with van der Waals surface area (Å²) in [6, 6.07) is 11.3. The molecule has 0 aliphatic heterocycles. The van der Waals surface area contributed by atoms with Gasteiger partial charge in [-0.1, -0.05) is 43.7 Å². The molecule has 3 nitrogen and oxygen atoms in total. The molecule has 0 aromatic heterocycles. The molecule has 0 fully saturated rings. The van der Waals surface area contributed by atoms with Crippen LogP contribution in [0.25, 0.3) is 0 Å². The minimum Gasteiger partial charge on any atom is -0.349 e. The second kappa shape index (κ2) is 8.31. The molecule has 0 saturated heterocycles. The van der Waals surface area contributed by atoms with Crippen LogP contribution in [-0.4, -0.2) is 17.7 Å². The summed E-state index contributed by atoms with van der Waals surface area (Å²) in [6.45, 7) is 12.3. The summed E-state index contributed by atoms with van der Waals surface area (Å²) in [5, 5.41) is 2.98. The zero-order valence-corrected chi connectivity index (χ0v) is 16.6. The first-order valence-corrected chi connectivity index (χ1v) is 9.20. The first-order valence-electron chi connectivity index (χ1n) is 9.20. The van der Waals surface area contributed by atoms with Crippen molar-refractivity contribution in [3.8, 4) is 0 Å². The molecule has 0 aliphatic rings. The van der Waals surface area contributed by atoms with Crippen LogP contribution in [0.3, 0.4) is 0 Å². The van der Waals surface area contributed by atoms with Crippen molar-refractivity contribution < 1.29 is 9.59 Å². The number of aryl methyl sites for hydroxylation is 3. The fourth-order valence-electron chi connectivity index (χ4n) is 3.02. The number of benzene rings is 2. The van der Waals surface area contributed by atoms with Crippen molar-refractivity contribution in [3.63, 3.8) is 0 Å². The Hall–Kier alpha value is -2.42. The molecule has 0 aliphatic carbocycles. The number of carbonyl (C=O) groups excluding carboxylic acids is 2. The molecule has 2 aromatic rings. The van der Waals surface area contributed by atoms with Gasteiger partial charge in [-0.2, -0.15) is 0 Å². The lowest BCUT2D eigenvalue weighted by atomic mass is 9.93. The zero-order valence-electron chi connectivity index (χ0n) is 16.6. The quantitative estimate of drug-likeness (QED) is 0.759. The van der Waals surface area contributed by atoms with Gasteiger partial charge in [0.15, 0.2) is 5.78 Å². The predicted octanol–water partition coefficient (Wildman–Crippen LogP) is 4.81. The Labute approximate surface area is 156 Å². The smallest absolute Gasteiger partial charge is 0.251 e. The third-order valence-corrected chi connectivity index (χ3v) is 5.01. The molecule has 0 spiro atoms. The van der Waals surface area contributed by atoms with Crippen LogP contribution in [0.5, 0.6) is 0 Å². The highest BCUT2D eigenvalue weighted by Gasteiger charge is 2.15. The number of carbonyl (C=O) groups is 2. The van der Waals surface area contributed by atoms with Gasteiger partial charge in [0.1, 0.15) is 0 Å². The van der Waals surface area contributed by atoms with E-state index >= 15 is 0 Å².